The van der Waals surface area contributed by atoms with Crippen LogP contribution in [0.3, 0.4) is 0 Å². The van der Waals surface area contributed by atoms with E-state index in [9.17, 15) is 18.0 Å². The van der Waals surface area contributed by atoms with E-state index in [2.05, 4.69) is 16.0 Å². The van der Waals surface area contributed by atoms with Gasteiger partial charge in [-0.05, 0) is 67.8 Å². The lowest BCUT2D eigenvalue weighted by atomic mass is 10.1. The highest BCUT2D eigenvalue weighted by Gasteiger charge is 2.34. The minimum Gasteiger partial charge on any atom is -0.497 e. The molecule has 1 fully saturated rings. The van der Waals surface area contributed by atoms with Gasteiger partial charge in [0.05, 0.1) is 18.1 Å². The SMILES string of the molecule is CCCC(CCC)S(=O)(=O)CC(NC(=O)CC1CC1)C(=O)NC(/C=C/c1ccccc1)CCNCc1cccc(OC)c1. The minimum absolute atomic E-state index is 0.267. The molecule has 0 bridgehead atoms. The molecule has 1 saturated carbocycles. The van der Waals surface area contributed by atoms with Gasteiger partial charge >= 0.3 is 0 Å². The van der Waals surface area contributed by atoms with E-state index in [0.717, 1.165) is 42.6 Å². The zero-order valence-corrected chi connectivity index (χ0v) is 26.7. The number of rotatable bonds is 20. The molecule has 0 spiro atoms. The van der Waals surface area contributed by atoms with E-state index in [-0.39, 0.29) is 11.9 Å². The summed E-state index contributed by atoms with van der Waals surface area (Å²) in [7, 11) is -1.98. The topological polar surface area (TPSA) is 114 Å². The zero-order valence-electron chi connectivity index (χ0n) is 25.9. The maximum Gasteiger partial charge on any atom is 0.244 e. The molecule has 2 atom stereocenters. The quantitative estimate of drug-likeness (QED) is 0.181. The van der Waals surface area contributed by atoms with Crippen molar-refractivity contribution in [3.8, 4) is 5.75 Å². The molecule has 2 amide bonds. The van der Waals surface area contributed by atoms with E-state index in [1.165, 1.54) is 0 Å². The van der Waals surface area contributed by atoms with Crippen molar-refractivity contribution in [2.24, 2.45) is 5.92 Å². The molecular formula is C34H49N3O5S. The lowest BCUT2D eigenvalue weighted by Gasteiger charge is -2.24. The predicted molar refractivity (Wildman–Crippen MR) is 173 cm³/mol. The number of hydrogen-bond acceptors (Lipinski definition) is 6. The van der Waals surface area contributed by atoms with Gasteiger partial charge in [-0.15, -0.1) is 0 Å². The average Bonchev–Trinajstić information content (AvgIpc) is 3.81. The third kappa shape index (κ3) is 12.5. The molecule has 8 nitrogen and oxygen atoms in total. The van der Waals surface area contributed by atoms with Gasteiger partial charge in [-0.2, -0.15) is 0 Å². The third-order valence-corrected chi connectivity index (χ3v) is 9.98. The van der Waals surface area contributed by atoms with Crippen molar-refractivity contribution < 1.29 is 22.7 Å². The first-order valence-electron chi connectivity index (χ1n) is 15.6. The van der Waals surface area contributed by atoms with Crippen molar-refractivity contribution in [1.29, 1.82) is 0 Å². The van der Waals surface area contributed by atoms with Crippen molar-refractivity contribution >= 4 is 27.7 Å². The molecule has 2 aromatic carbocycles. The molecule has 1 aliphatic rings. The standard InChI is InChI=1S/C34H49N3O5S/c1-4-10-31(11-5-2)43(40,41)25-32(37-33(38)23-27-16-17-27)34(39)36-29(19-18-26-12-7-6-8-13-26)20-21-35-24-28-14-9-15-30(22-28)42-3/h6-9,12-15,18-19,22,27,29,31-32,35H,4-5,10-11,16-17,20-21,23-25H2,1-3H3,(H,36,39)(H,37,38)/b19-18+. The molecule has 9 heteroatoms. The number of carbonyl (C=O) groups excluding carboxylic acids is 2. The summed E-state index contributed by atoms with van der Waals surface area (Å²) in [4.78, 5) is 26.5. The van der Waals surface area contributed by atoms with Gasteiger partial charge in [0.25, 0.3) is 0 Å². The number of methoxy groups -OCH3 is 1. The highest BCUT2D eigenvalue weighted by Crippen LogP contribution is 2.32. The van der Waals surface area contributed by atoms with Gasteiger partial charge in [-0.25, -0.2) is 8.42 Å². The Morgan fingerprint density at radius 3 is 2.35 bits per heavy atom. The highest BCUT2D eigenvalue weighted by atomic mass is 32.2. The Bertz CT molecular complexity index is 1270. The van der Waals surface area contributed by atoms with Crippen molar-refractivity contribution in [3.63, 3.8) is 0 Å². The van der Waals surface area contributed by atoms with Gasteiger partial charge in [0.1, 0.15) is 11.8 Å². The first-order chi connectivity index (χ1) is 20.7. The van der Waals surface area contributed by atoms with Crippen LogP contribution in [0.15, 0.2) is 60.7 Å². The van der Waals surface area contributed by atoms with E-state index in [1.54, 1.807) is 7.11 Å². The number of ether oxygens (including phenoxy) is 1. The van der Waals surface area contributed by atoms with Crippen LogP contribution in [0.4, 0.5) is 0 Å². The summed E-state index contributed by atoms with van der Waals surface area (Å²) in [6.07, 6.45) is 9.32. The number of sulfone groups is 1. The molecule has 0 aliphatic heterocycles. The van der Waals surface area contributed by atoms with Crippen LogP contribution in [0.25, 0.3) is 6.08 Å². The Labute approximate surface area is 258 Å². The van der Waals surface area contributed by atoms with Gasteiger partial charge in [-0.3, -0.25) is 9.59 Å². The molecule has 0 aromatic heterocycles. The summed E-state index contributed by atoms with van der Waals surface area (Å²) in [5.74, 6) is -0.0273. The zero-order chi connectivity index (χ0) is 31.1. The Morgan fingerprint density at radius 1 is 0.977 bits per heavy atom. The molecule has 2 unspecified atom stereocenters. The third-order valence-electron chi connectivity index (χ3n) is 7.69. The summed E-state index contributed by atoms with van der Waals surface area (Å²) in [6, 6.07) is 16.1. The first-order valence-corrected chi connectivity index (χ1v) is 17.3. The van der Waals surface area contributed by atoms with Crippen LogP contribution in [-0.2, 0) is 26.0 Å². The van der Waals surface area contributed by atoms with Crippen LogP contribution < -0.4 is 20.7 Å². The lowest BCUT2D eigenvalue weighted by Crippen LogP contribution is -2.53. The summed E-state index contributed by atoms with van der Waals surface area (Å²) >= 11 is 0. The Kier molecular flexibility index (Phi) is 14.2. The van der Waals surface area contributed by atoms with Crippen LogP contribution in [0, 0.1) is 5.92 Å². The van der Waals surface area contributed by atoms with E-state index < -0.39 is 32.8 Å². The molecule has 0 heterocycles. The number of benzene rings is 2. The molecule has 3 rings (SSSR count). The molecule has 0 saturated heterocycles. The first kappa shape index (κ1) is 34.3. The van der Waals surface area contributed by atoms with Crippen molar-refractivity contribution in [2.75, 3.05) is 19.4 Å². The normalized spacial score (nSPS) is 14.9. The van der Waals surface area contributed by atoms with E-state index in [1.807, 2.05) is 80.6 Å². The van der Waals surface area contributed by atoms with Gasteiger partial charge in [-0.1, -0.05) is 81.3 Å². The molecule has 3 N–H and O–H groups in total. The molecule has 2 aromatic rings. The fraction of sp³-hybridized carbons (Fsp3) is 0.529. The summed E-state index contributed by atoms with van der Waals surface area (Å²) in [6.45, 7) is 5.17. The lowest BCUT2D eigenvalue weighted by molar-refractivity contribution is -0.128. The van der Waals surface area contributed by atoms with E-state index >= 15 is 0 Å². The summed E-state index contributed by atoms with van der Waals surface area (Å²) in [5.41, 5.74) is 2.07. The van der Waals surface area contributed by atoms with Crippen LogP contribution in [0.5, 0.6) is 5.75 Å². The molecular weight excluding hydrogens is 562 g/mol. The second kappa shape index (κ2) is 17.8. The van der Waals surface area contributed by atoms with E-state index in [4.69, 9.17) is 4.74 Å². The average molecular weight is 612 g/mol. The molecule has 236 valence electrons. The van der Waals surface area contributed by atoms with Crippen LogP contribution in [0.2, 0.25) is 0 Å². The maximum absolute atomic E-state index is 13.7. The van der Waals surface area contributed by atoms with E-state index in [0.29, 0.717) is 44.7 Å². The Balaban J connectivity index is 1.73. The second-order valence-corrected chi connectivity index (χ2v) is 13.8. The monoisotopic (exact) mass is 611 g/mol. The predicted octanol–water partition coefficient (Wildman–Crippen LogP) is 5.04. The maximum atomic E-state index is 13.7. The Hall–Kier alpha value is -3.17. The highest BCUT2D eigenvalue weighted by molar-refractivity contribution is 7.92. The van der Waals surface area contributed by atoms with Crippen LogP contribution in [-0.4, -0.2) is 57.0 Å². The number of carbonyl (C=O) groups is 2. The number of amides is 2. The summed E-state index contributed by atoms with van der Waals surface area (Å²) < 4.78 is 32.2. The van der Waals surface area contributed by atoms with Crippen molar-refractivity contribution in [2.45, 2.75) is 89.1 Å². The smallest absolute Gasteiger partial charge is 0.244 e. The Morgan fingerprint density at radius 2 is 1.70 bits per heavy atom. The van der Waals surface area contributed by atoms with Gasteiger partial charge < -0.3 is 20.7 Å². The van der Waals surface area contributed by atoms with Crippen LogP contribution in [0.1, 0.15) is 76.3 Å². The van der Waals surface area contributed by atoms with Gasteiger partial charge in [0.15, 0.2) is 9.84 Å². The molecule has 43 heavy (non-hydrogen) atoms. The molecule has 0 radical (unpaired) electrons. The summed E-state index contributed by atoms with van der Waals surface area (Å²) in [5, 5.41) is 8.72. The van der Waals surface area contributed by atoms with Crippen LogP contribution >= 0.6 is 0 Å². The van der Waals surface area contributed by atoms with Crippen molar-refractivity contribution in [3.05, 3.63) is 71.8 Å². The molecule has 1 aliphatic carbocycles. The largest absolute Gasteiger partial charge is 0.497 e. The fourth-order valence-corrected chi connectivity index (χ4v) is 7.26. The second-order valence-electron chi connectivity index (χ2n) is 11.5. The van der Waals surface area contributed by atoms with Gasteiger partial charge in [0, 0.05) is 19.0 Å². The fourth-order valence-electron chi connectivity index (χ4n) is 5.10. The van der Waals surface area contributed by atoms with Crippen molar-refractivity contribution in [1.82, 2.24) is 16.0 Å². The number of nitrogens with one attached hydrogen (secondary N) is 3. The number of hydrogen-bond donors (Lipinski definition) is 3. The van der Waals surface area contributed by atoms with Gasteiger partial charge in [0.2, 0.25) is 11.8 Å². The minimum atomic E-state index is -3.61.